The highest BCUT2D eigenvalue weighted by atomic mass is 19.1. The van der Waals surface area contributed by atoms with Crippen molar-refractivity contribution in [2.75, 3.05) is 0 Å². The van der Waals surface area contributed by atoms with Crippen molar-refractivity contribution < 1.29 is 13.9 Å². The molecule has 0 spiro atoms. The molecule has 2 aromatic rings. The van der Waals surface area contributed by atoms with Gasteiger partial charge in [-0.15, -0.1) is 0 Å². The van der Waals surface area contributed by atoms with Crippen LogP contribution in [0.5, 0.6) is 0 Å². The van der Waals surface area contributed by atoms with Gasteiger partial charge in [0.05, 0.1) is 5.60 Å². The Bertz CT molecular complexity index is 613. The van der Waals surface area contributed by atoms with Crippen molar-refractivity contribution in [1.82, 2.24) is 0 Å². The summed E-state index contributed by atoms with van der Waals surface area (Å²) in [6, 6.07) is 9.11. The minimum Gasteiger partial charge on any atom is -0.385 e. The number of benzene rings is 2. The molecular formula is C17H18F2O. The van der Waals surface area contributed by atoms with Gasteiger partial charge in [-0.05, 0) is 49.6 Å². The number of aryl methyl sites for hydroxylation is 2. The van der Waals surface area contributed by atoms with Crippen molar-refractivity contribution in [3.05, 3.63) is 70.3 Å². The molecule has 0 bridgehead atoms. The van der Waals surface area contributed by atoms with E-state index in [0.29, 0.717) is 6.42 Å². The lowest BCUT2D eigenvalue weighted by atomic mass is 9.87. The Hall–Kier alpha value is -1.74. The highest BCUT2D eigenvalue weighted by Gasteiger charge is 2.25. The second-order valence-electron chi connectivity index (χ2n) is 5.54. The van der Waals surface area contributed by atoms with Gasteiger partial charge in [-0.2, -0.15) is 0 Å². The monoisotopic (exact) mass is 276 g/mol. The highest BCUT2D eigenvalue weighted by molar-refractivity contribution is 5.34. The van der Waals surface area contributed by atoms with Gasteiger partial charge in [-0.3, -0.25) is 0 Å². The summed E-state index contributed by atoms with van der Waals surface area (Å²) in [5, 5.41) is 10.6. The maximum Gasteiger partial charge on any atom is 0.126 e. The molecule has 3 heteroatoms. The Morgan fingerprint density at radius 3 is 2.20 bits per heavy atom. The Balaban J connectivity index is 2.37. The maximum atomic E-state index is 13.3. The summed E-state index contributed by atoms with van der Waals surface area (Å²) in [5.74, 6) is -1.36. The lowest BCUT2D eigenvalue weighted by Gasteiger charge is -2.25. The lowest BCUT2D eigenvalue weighted by molar-refractivity contribution is 0.0567. The molecule has 0 saturated carbocycles. The van der Waals surface area contributed by atoms with Gasteiger partial charge in [-0.1, -0.05) is 23.8 Å². The van der Waals surface area contributed by atoms with Crippen molar-refractivity contribution in [3.63, 3.8) is 0 Å². The van der Waals surface area contributed by atoms with Crippen molar-refractivity contribution in [1.29, 1.82) is 0 Å². The van der Waals surface area contributed by atoms with Gasteiger partial charge in [0.2, 0.25) is 0 Å². The van der Waals surface area contributed by atoms with Gasteiger partial charge >= 0.3 is 0 Å². The van der Waals surface area contributed by atoms with E-state index < -0.39 is 17.2 Å². The van der Waals surface area contributed by atoms with Gasteiger partial charge in [0.25, 0.3) is 0 Å². The summed E-state index contributed by atoms with van der Waals surface area (Å²) < 4.78 is 26.6. The van der Waals surface area contributed by atoms with Crippen LogP contribution in [0.1, 0.15) is 29.2 Å². The molecule has 0 fully saturated rings. The molecule has 0 amide bonds. The second kappa shape index (κ2) is 5.33. The Morgan fingerprint density at radius 1 is 1.00 bits per heavy atom. The molecule has 106 valence electrons. The van der Waals surface area contributed by atoms with E-state index in [-0.39, 0.29) is 5.56 Å². The average Bonchev–Trinajstić information content (AvgIpc) is 2.32. The largest absolute Gasteiger partial charge is 0.385 e. The first kappa shape index (κ1) is 14.7. The molecule has 0 aliphatic heterocycles. The van der Waals surface area contributed by atoms with Gasteiger partial charge in [-0.25, -0.2) is 8.78 Å². The molecule has 1 N–H and O–H groups in total. The molecule has 2 rings (SSSR count). The molecule has 1 atom stereocenters. The summed E-state index contributed by atoms with van der Waals surface area (Å²) in [7, 11) is 0. The van der Waals surface area contributed by atoms with Gasteiger partial charge < -0.3 is 5.11 Å². The Morgan fingerprint density at radius 2 is 1.60 bits per heavy atom. The number of halogens is 2. The van der Waals surface area contributed by atoms with Crippen LogP contribution >= 0.6 is 0 Å². The zero-order chi connectivity index (χ0) is 14.9. The number of hydrogen-bond acceptors (Lipinski definition) is 1. The molecule has 2 aromatic carbocycles. The first-order valence-corrected chi connectivity index (χ1v) is 6.53. The van der Waals surface area contributed by atoms with Gasteiger partial charge in [0.15, 0.2) is 0 Å². The molecular weight excluding hydrogens is 258 g/mol. The quantitative estimate of drug-likeness (QED) is 0.897. The summed E-state index contributed by atoms with van der Waals surface area (Å²) in [6.07, 6.45) is 0.309. The molecule has 0 aliphatic rings. The van der Waals surface area contributed by atoms with Crippen LogP contribution < -0.4 is 0 Å². The van der Waals surface area contributed by atoms with Crippen LogP contribution in [-0.2, 0) is 12.0 Å². The Labute approximate surface area is 117 Å². The van der Waals surface area contributed by atoms with Crippen LogP contribution in [0.4, 0.5) is 8.78 Å². The summed E-state index contributed by atoms with van der Waals surface area (Å²) in [6.45, 7) is 5.50. The minimum absolute atomic E-state index is 0.246. The van der Waals surface area contributed by atoms with E-state index in [1.54, 1.807) is 6.92 Å². The van der Waals surface area contributed by atoms with Crippen molar-refractivity contribution in [2.45, 2.75) is 32.8 Å². The van der Waals surface area contributed by atoms with Crippen molar-refractivity contribution in [2.24, 2.45) is 0 Å². The number of rotatable bonds is 3. The predicted octanol–water partition coefficient (Wildman–Crippen LogP) is 4.03. The van der Waals surface area contributed by atoms with E-state index >= 15 is 0 Å². The highest BCUT2D eigenvalue weighted by Crippen LogP contribution is 2.28. The van der Waals surface area contributed by atoms with E-state index in [1.807, 2.05) is 32.0 Å². The third-order valence-electron chi connectivity index (χ3n) is 3.52. The van der Waals surface area contributed by atoms with Gasteiger partial charge in [0.1, 0.15) is 11.6 Å². The molecule has 1 unspecified atom stereocenters. The van der Waals surface area contributed by atoms with Gasteiger partial charge in [0, 0.05) is 12.5 Å². The molecule has 20 heavy (non-hydrogen) atoms. The third kappa shape index (κ3) is 3.23. The van der Waals surface area contributed by atoms with E-state index in [0.717, 1.165) is 22.8 Å². The summed E-state index contributed by atoms with van der Waals surface area (Å²) >= 11 is 0. The van der Waals surface area contributed by atoms with Crippen LogP contribution in [0.3, 0.4) is 0 Å². The van der Waals surface area contributed by atoms with Crippen LogP contribution in [0.2, 0.25) is 0 Å². The van der Waals surface area contributed by atoms with Crippen LogP contribution in [0.15, 0.2) is 36.4 Å². The first-order valence-electron chi connectivity index (χ1n) is 6.53. The predicted molar refractivity (Wildman–Crippen MR) is 75.5 cm³/mol. The summed E-state index contributed by atoms with van der Waals surface area (Å²) in [5.41, 5.74) is 2.04. The van der Waals surface area contributed by atoms with Crippen molar-refractivity contribution in [3.8, 4) is 0 Å². The molecule has 0 heterocycles. The molecule has 1 nitrogen and oxygen atoms in total. The van der Waals surface area contributed by atoms with E-state index in [9.17, 15) is 13.9 Å². The molecule has 0 radical (unpaired) electrons. The molecule has 0 aliphatic carbocycles. The number of hydrogen-bond donors (Lipinski definition) is 1. The third-order valence-corrected chi connectivity index (χ3v) is 3.52. The fraction of sp³-hybridized carbons (Fsp3) is 0.294. The van der Waals surface area contributed by atoms with Crippen molar-refractivity contribution >= 4 is 0 Å². The van der Waals surface area contributed by atoms with E-state index in [2.05, 4.69) is 0 Å². The molecule has 0 aromatic heterocycles. The fourth-order valence-corrected chi connectivity index (χ4v) is 2.33. The standard InChI is InChI=1S/C17H18F2O/c1-11-4-5-12(2)13(6-11)10-17(3,20)14-7-15(18)9-16(19)8-14/h4-9,20H,10H2,1-3H3. The average molecular weight is 276 g/mol. The number of aliphatic hydroxyl groups is 1. The maximum absolute atomic E-state index is 13.3. The topological polar surface area (TPSA) is 20.2 Å². The van der Waals surface area contributed by atoms with Crippen LogP contribution in [-0.4, -0.2) is 5.11 Å². The molecule has 0 saturated heterocycles. The zero-order valence-corrected chi connectivity index (χ0v) is 11.9. The fourth-order valence-electron chi connectivity index (χ4n) is 2.33. The van der Waals surface area contributed by atoms with Crippen LogP contribution in [0.25, 0.3) is 0 Å². The zero-order valence-electron chi connectivity index (χ0n) is 11.9. The Kier molecular flexibility index (Phi) is 3.91. The first-order chi connectivity index (χ1) is 9.28. The van der Waals surface area contributed by atoms with Crippen LogP contribution in [0, 0.1) is 25.5 Å². The van der Waals surface area contributed by atoms with E-state index in [1.165, 1.54) is 12.1 Å². The normalized spacial score (nSPS) is 14.1. The van der Waals surface area contributed by atoms with E-state index in [4.69, 9.17) is 0 Å². The summed E-state index contributed by atoms with van der Waals surface area (Å²) in [4.78, 5) is 0. The lowest BCUT2D eigenvalue weighted by Crippen LogP contribution is -2.25. The minimum atomic E-state index is -1.32. The second-order valence-corrected chi connectivity index (χ2v) is 5.54. The smallest absolute Gasteiger partial charge is 0.126 e. The SMILES string of the molecule is Cc1ccc(C)c(CC(C)(O)c2cc(F)cc(F)c2)c1.